The number of ether oxygens (including phenoxy) is 1. The number of benzene rings is 2. The van der Waals surface area contributed by atoms with Crippen molar-refractivity contribution < 1.29 is 15.3 Å². The Morgan fingerprint density at radius 3 is 2.16 bits per heavy atom. The van der Waals surface area contributed by atoms with Crippen LogP contribution >= 0.6 is 0 Å². The van der Waals surface area contributed by atoms with Gasteiger partial charge in [-0.2, -0.15) is 0 Å². The zero-order valence-corrected chi connectivity index (χ0v) is 14.7. The fourth-order valence-corrected chi connectivity index (χ4v) is 3.50. The first-order chi connectivity index (χ1) is 12.3. The maximum absolute atomic E-state index is 12.0. The summed E-state index contributed by atoms with van der Waals surface area (Å²) in [6, 6.07) is 16.7. The zero-order valence-electron chi connectivity index (χ0n) is 14.7. The number of quaternary nitrogens is 1. The molecule has 0 fully saturated rings. The number of carbonyl (C=O) groups is 1. The van der Waals surface area contributed by atoms with Crippen LogP contribution in [0.5, 0.6) is 0 Å². The normalized spacial score (nSPS) is 12.5. The van der Waals surface area contributed by atoms with Crippen LogP contribution in [0.4, 0.5) is 4.79 Å². The minimum atomic E-state index is -0.320. The van der Waals surface area contributed by atoms with E-state index in [0.717, 1.165) is 25.8 Å². The molecule has 3 rings (SSSR count). The molecule has 132 valence electrons. The summed E-state index contributed by atoms with van der Waals surface area (Å²) in [7, 11) is 0. The van der Waals surface area contributed by atoms with Gasteiger partial charge >= 0.3 is 6.09 Å². The van der Waals surface area contributed by atoms with Crippen molar-refractivity contribution >= 4 is 6.09 Å². The van der Waals surface area contributed by atoms with Crippen LogP contribution in [-0.2, 0) is 4.74 Å². The lowest BCUT2D eigenvalue weighted by Crippen LogP contribution is -2.50. The van der Waals surface area contributed by atoms with Gasteiger partial charge in [-0.05, 0) is 41.5 Å². The van der Waals surface area contributed by atoms with Gasteiger partial charge in [0.2, 0.25) is 0 Å². The Kier molecular flexibility index (Phi) is 6.07. The van der Waals surface area contributed by atoms with Crippen molar-refractivity contribution in [2.24, 2.45) is 0 Å². The third kappa shape index (κ3) is 4.20. The standard InChI is InChI=1S/C21H26N2O2/c22-13-7-1-2-8-14-23-21(24)25-15-20-18-11-5-3-9-16(18)17-10-4-6-12-19(17)20/h3-6,9-12,20H,1-2,7-8,13-15,22H2,(H,23,24)/p+1. The maximum atomic E-state index is 12.0. The zero-order chi connectivity index (χ0) is 17.5. The highest BCUT2D eigenvalue weighted by atomic mass is 16.5. The van der Waals surface area contributed by atoms with E-state index in [1.807, 2.05) is 12.1 Å². The molecule has 25 heavy (non-hydrogen) atoms. The van der Waals surface area contributed by atoms with E-state index in [1.54, 1.807) is 0 Å². The minimum absolute atomic E-state index is 0.121. The number of nitrogens with one attached hydrogen (secondary N) is 1. The predicted octanol–water partition coefficient (Wildman–Crippen LogP) is 3.33. The largest absolute Gasteiger partial charge is 0.449 e. The Balaban J connectivity index is 1.52. The summed E-state index contributed by atoms with van der Waals surface area (Å²) < 4.78 is 5.51. The van der Waals surface area contributed by atoms with Crippen LogP contribution in [0.15, 0.2) is 48.5 Å². The molecule has 0 heterocycles. The van der Waals surface area contributed by atoms with E-state index in [9.17, 15) is 4.79 Å². The smallest absolute Gasteiger partial charge is 0.407 e. The van der Waals surface area contributed by atoms with Crippen molar-refractivity contribution in [3.8, 4) is 11.1 Å². The molecule has 0 bridgehead atoms. The molecule has 0 radical (unpaired) electrons. The molecule has 2 aromatic rings. The third-order valence-corrected chi connectivity index (χ3v) is 4.79. The van der Waals surface area contributed by atoms with Crippen LogP contribution in [0.1, 0.15) is 42.7 Å². The SMILES string of the molecule is [NH3+]CCCCCCNC(=O)OCC1c2ccccc2-c2ccccc21. The Hall–Kier alpha value is -2.33. The number of fused-ring (bicyclic) bond motifs is 3. The van der Waals surface area contributed by atoms with Crippen LogP contribution < -0.4 is 11.1 Å². The summed E-state index contributed by atoms with van der Waals surface area (Å²) in [4.78, 5) is 12.0. The topological polar surface area (TPSA) is 66.0 Å². The van der Waals surface area contributed by atoms with Crippen LogP contribution in [0.25, 0.3) is 11.1 Å². The number of hydrogen-bond donors (Lipinski definition) is 2. The lowest BCUT2D eigenvalue weighted by molar-refractivity contribution is -0.368. The van der Waals surface area contributed by atoms with Gasteiger partial charge in [-0.3, -0.25) is 0 Å². The molecule has 0 spiro atoms. The quantitative estimate of drug-likeness (QED) is 0.725. The van der Waals surface area contributed by atoms with Crippen molar-refractivity contribution in [3.63, 3.8) is 0 Å². The molecule has 4 nitrogen and oxygen atoms in total. The van der Waals surface area contributed by atoms with Crippen LogP contribution in [0.3, 0.4) is 0 Å². The van der Waals surface area contributed by atoms with E-state index in [-0.39, 0.29) is 12.0 Å². The minimum Gasteiger partial charge on any atom is -0.449 e. The summed E-state index contributed by atoms with van der Waals surface area (Å²) in [6.07, 6.45) is 4.13. The number of amides is 1. The molecule has 4 heteroatoms. The second kappa shape index (κ2) is 8.67. The van der Waals surface area contributed by atoms with E-state index in [0.29, 0.717) is 13.2 Å². The Morgan fingerprint density at radius 2 is 1.52 bits per heavy atom. The molecular formula is C21H27N2O2+. The predicted molar refractivity (Wildman–Crippen MR) is 99.3 cm³/mol. The average molecular weight is 339 g/mol. The summed E-state index contributed by atoms with van der Waals surface area (Å²) in [5, 5.41) is 2.85. The lowest BCUT2D eigenvalue weighted by Gasteiger charge is -2.14. The van der Waals surface area contributed by atoms with Crippen LogP contribution in [0.2, 0.25) is 0 Å². The molecule has 0 saturated carbocycles. The summed E-state index contributed by atoms with van der Waals surface area (Å²) in [5.74, 6) is 0.121. The molecular weight excluding hydrogens is 312 g/mol. The second-order valence-electron chi connectivity index (χ2n) is 6.52. The van der Waals surface area contributed by atoms with Gasteiger partial charge in [0, 0.05) is 12.5 Å². The van der Waals surface area contributed by atoms with E-state index < -0.39 is 0 Å². The van der Waals surface area contributed by atoms with Crippen LogP contribution in [-0.4, -0.2) is 25.8 Å². The van der Waals surface area contributed by atoms with Crippen molar-refractivity contribution in [2.75, 3.05) is 19.7 Å². The number of alkyl carbamates (subject to hydrolysis) is 1. The van der Waals surface area contributed by atoms with Gasteiger partial charge < -0.3 is 15.8 Å². The van der Waals surface area contributed by atoms with Crippen molar-refractivity contribution in [1.82, 2.24) is 5.32 Å². The Bertz CT molecular complexity index is 669. The summed E-state index contributed by atoms with van der Waals surface area (Å²) >= 11 is 0. The number of carbonyl (C=O) groups excluding carboxylic acids is 1. The molecule has 4 N–H and O–H groups in total. The van der Waals surface area contributed by atoms with Gasteiger partial charge in [-0.25, -0.2) is 4.79 Å². The van der Waals surface area contributed by atoms with Crippen molar-refractivity contribution in [1.29, 1.82) is 0 Å². The highest BCUT2D eigenvalue weighted by molar-refractivity contribution is 5.79. The number of rotatable bonds is 8. The van der Waals surface area contributed by atoms with Gasteiger partial charge in [-0.15, -0.1) is 0 Å². The van der Waals surface area contributed by atoms with Gasteiger partial charge in [0.1, 0.15) is 6.61 Å². The van der Waals surface area contributed by atoms with Crippen LogP contribution in [0, 0.1) is 0 Å². The first-order valence-corrected chi connectivity index (χ1v) is 9.19. The van der Waals surface area contributed by atoms with E-state index in [2.05, 4.69) is 47.4 Å². The van der Waals surface area contributed by atoms with Gasteiger partial charge in [0.25, 0.3) is 0 Å². The molecule has 0 saturated heterocycles. The Labute approximate surface area is 149 Å². The fourth-order valence-electron chi connectivity index (χ4n) is 3.50. The number of unbranched alkanes of at least 4 members (excludes halogenated alkanes) is 3. The highest BCUT2D eigenvalue weighted by Crippen LogP contribution is 2.44. The average Bonchev–Trinajstić information content (AvgIpc) is 2.97. The molecule has 1 aliphatic rings. The fraction of sp³-hybridized carbons (Fsp3) is 0.381. The van der Waals surface area contributed by atoms with Crippen molar-refractivity contribution in [3.05, 3.63) is 59.7 Å². The lowest BCUT2D eigenvalue weighted by atomic mass is 9.98. The first kappa shape index (κ1) is 17.5. The third-order valence-electron chi connectivity index (χ3n) is 4.79. The summed E-state index contributed by atoms with van der Waals surface area (Å²) in [6.45, 7) is 2.04. The summed E-state index contributed by atoms with van der Waals surface area (Å²) in [5.41, 5.74) is 8.81. The first-order valence-electron chi connectivity index (χ1n) is 9.19. The maximum Gasteiger partial charge on any atom is 0.407 e. The van der Waals surface area contributed by atoms with Gasteiger partial charge in [-0.1, -0.05) is 55.0 Å². The monoisotopic (exact) mass is 339 g/mol. The highest BCUT2D eigenvalue weighted by Gasteiger charge is 2.28. The molecule has 0 aliphatic heterocycles. The van der Waals surface area contributed by atoms with E-state index in [4.69, 9.17) is 4.74 Å². The van der Waals surface area contributed by atoms with Gasteiger partial charge in [0.05, 0.1) is 6.54 Å². The Morgan fingerprint density at radius 1 is 0.920 bits per heavy atom. The number of hydrogen-bond acceptors (Lipinski definition) is 2. The molecule has 1 amide bonds. The second-order valence-corrected chi connectivity index (χ2v) is 6.52. The van der Waals surface area contributed by atoms with Crippen molar-refractivity contribution in [2.45, 2.75) is 31.6 Å². The molecule has 0 unspecified atom stereocenters. The van der Waals surface area contributed by atoms with Gasteiger partial charge in [0.15, 0.2) is 0 Å². The molecule has 1 aliphatic carbocycles. The van der Waals surface area contributed by atoms with E-state index in [1.165, 1.54) is 28.7 Å². The molecule has 2 aromatic carbocycles. The van der Waals surface area contributed by atoms with E-state index >= 15 is 0 Å². The molecule has 0 atom stereocenters. The molecule has 0 aromatic heterocycles.